The van der Waals surface area contributed by atoms with Crippen LogP contribution in [0.1, 0.15) is 33.6 Å². The first kappa shape index (κ1) is 13.2. The van der Waals surface area contributed by atoms with Crippen LogP contribution in [0.5, 0.6) is 0 Å². The van der Waals surface area contributed by atoms with Gasteiger partial charge in [0.05, 0.1) is 0 Å². The molecule has 1 aliphatic rings. The number of carbonyl (C=O) groups excluding carboxylic acids is 1. The molecule has 1 N–H and O–H groups in total. The summed E-state index contributed by atoms with van der Waals surface area (Å²) in [6.07, 6.45) is 3.41. The van der Waals surface area contributed by atoms with Crippen molar-refractivity contribution in [2.75, 3.05) is 13.6 Å². The van der Waals surface area contributed by atoms with Gasteiger partial charge in [-0.25, -0.2) is 4.39 Å². The van der Waals surface area contributed by atoms with E-state index < -0.39 is 17.3 Å². The van der Waals surface area contributed by atoms with Gasteiger partial charge in [0.2, 0.25) is 0 Å². The fourth-order valence-electron chi connectivity index (χ4n) is 1.79. The Bertz CT molecular complexity index is 294. The fraction of sp³-hybridized carbons (Fsp3) is 0.750. The minimum Gasteiger partial charge on any atom is -0.345 e. The Hall–Kier alpha value is -0.900. The highest BCUT2D eigenvalue weighted by atomic mass is 19.1. The van der Waals surface area contributed by atoms with Crippen LogP contribution in [0, 0.1) is 0 Å². The predicted octanol–water partition coefficient (Wildman–Crippen LogP) is 1.85. The molecular weight excluding hydrogens is 207 g/mol. The Kier molecular flexibility index (Phi) is 4.08. The molecular formula is C12H21FN2O. The second-order valence-electron chi connectivity index (χ2n) is 5.41. The van der Waals surface area contributed by atoms with Crippen molar-refractivity contribution in [3.63, 3.8) is 0 Å². The van der Waals surface area contributed by atoms with E-state index in [4.69, 9.17) is 0 Å². The van der Waals surface area contributed by atoms with Crippen LogP contribution < -0.4 is 5.32 Å². The molecule has 0 aromatic heterocycles. The predicted molar refractivity (Wildman–Crippen MR) is 62.7 cm³/mol. The van der Waals surface area contributed by atoms with E-state index in [0.29, 0.717) is 0 Å². The second kappa shape index (κ2) is 4.95. The zero-order valence-corrected chi connectivity index (χ0v) is 10.5. The molecule has 0 aromatic rings. The monoisotopic (exact) mass is 228 g/mol. The van der Waals surface area contributed by atoms with Crippen molar-refractivity contribution in [2.24, 2.45) is 0 Å². The molecule has 1 atom stereocenters. The van der Waals surface area contributed by atoms with Crippen LogP contribution >= 0.6 is 0 Å². The molecule has 3 nitrogen and oxygen atoms in total. The van der Waals surface area contributed by atoms with Gasteiger partial charge in [0.15, 0.2) is 5.83 Å². The maximum absolute atomic E-state index is 13.6. The summed E-state index contributed by atoms with van der Waals surface area (Å²) in [6.45, 7) is 6.47. The van der Waals surface area contributed by atoms with Crippen molar-refractivity contribution in [1.82, 2.24) is 10.2 Å². The minimum atomic E-state index is -0.673. The third-order valence-electron chi connectivity index (χ3n) is 2.62. The van der Waals surface area contributed by atoms with Gasteiger partial charge in [-0.3, -0.25) is 9.69 Å². The van der Waals surface area contributed by atoms with Crippen LogP contribution in [0.4, 0.5) is 4.39 Å². The van der Waals surface area contributed by atoms with E-state index >= 15 is 0 Å². The Balaban J connectivity index is 2.59. The molecule has 1 amide bonds. The van der Waals surface area contributed by atoms with Crippen LogP contribution in [0.3, 0.4) is 0 Å². The van der Waals surface area contributed by atoms with Gasteiger partial charge in [-0.15, -0.1) is 0 Å². The largest absolute Gasteiger partial charge is 0.345 e. The van der Waals surface area contributed by atoms with E-state index in [2.05, 4.69) is 10.2 Å². The Labute approximate surface area is 96.7 Å². The highest BCUT2D eigenvalue weighted by Gasteiger charge is 2.22. The van der Waals surface area contributed by atoms with Crippen LogP contribution in [-0.4, -0.2) is 36.0 Å². The number of hydrogen-bond acceptors (Lipinski definition) is 2. The molecule has 0 bridgehead atoms. The van der Waals surface area contributed by atoms with Crippen LogP contribution in [0.2, 0.25) is 0 Å². The molecule has 0 aliphatic carbocycles. The van der Waals surface area contributed by atoms with E-state index in [1.807, 2.05) is 27.8 Å². The van der Waals surface area contributed by atoms with E-state index in [-0.39, 0.29) is 6.04 Å². The van der Waals surface area contributed by atoms with Gasteiger partial charge >= 0.3 is 0 Å². The standard InChI is InChI=1S/C12H21FN2O/c1-12(2,3)14-11(16)10(13)8-9-6-5-7-15(9)4/h8-9H,5-7H2,1-4H3,(H,14,16)/b10-8-/t9-/m0/s1. The first-order chi connectivity index (χ1) is 7.29. The number of likely N-dealkylation sites (tertiary alicyclic amines) is 1. The third-order valence-corrected chi connectivity index (χ3v) is 2.62. The first-order valence-electron chi connectivity index (χ1n) is 5.70. The summed E-state index contributed by atoms with van der Waals surface area (Å²) < 4.78 is 13.6. The summed E-state index contributed by atoms with van der Waals surface area (Å²) in [5.41, 5.74) is -0.399. The van der Waals surface area contributed by atoms with Crippen LogP contribution in [-0.2, 0) is 4.79 Å². The molecule has 1 rings (SSSR count). The van der Waals surface area contributed by atoms with Crippen molar-refractivity contribution in [3.8, 4) is 0 Å². The Morgan fingerprint density at radius 2 is 2.12 bits per heavy atom. The Morgan fingerprint density at radius 1 is 1.50 bits per heavy atom. The van der Waals surface area contributed by atoms with Gasteiger partial charge in [-0.2, -0.15) is 0 Å². The lowest BCUT2D eigenvalue weighted by Gasteiger charge is -2.20. The molecule has 16 heavy (non-hydrogen) atoms. The van der Waals surface area contributed by atoms with Gasteiger partial charge in [0.25, 0.3) is 5.91 Å². The number of nitrogens with one attached hydrogen (secondary N) is 1. The summed E-state index contributed by atoms with van der Waals surface area (Å²) in [4.78, 5) is 13.5. The number of amides is 1. The molecule has 1 aliphatic heterocycles. The molecule has 0 unspecified atom stereocenters. The SMILES string of the molecule is CN1CCC[C@H]1/C=C(\F)C(=O)NC(C)(C)C. The maximum atomic E-state index is 13.6. The summed E-state index contributed by atoms with van der Waals surface area (Å²) in [5, 5.41) is 2.61. The zero-order valence-electron chi connectivity index (χ0n) is 10.5. The molecule has 0 radical (unpaired) electrons. The normalized spacial score (nSPS) is 23.6. The van der Waals surface area contributed by atoms with Crippen molar-refractivity contribution in [3.05, 3.63) is 11.9 Å². The molecule has 4 heteroatoms. The number of hydrogen-bond donors (Lipinski definition) is 1. The minimum absolute atomic E-state index is 0.0609. The topological polar surface area (TPSA) is 32.3 Å². The summed E-state index contributed by atoms with van der Waals surface area (Å²) in [7, 11) is 1.95. The second-order valence-corrected chi connectivity index (χ2v) is 5.41. The highest BCUT2D eigenvalue weighted by molar-refractivity contribution is 5.91. The molecule has 1 fully saturated rings. The molecule has 0 saturated carbocycles. The van der Waals surface area contributed by atoms with E-state index in [1.165, 1.54) is 6.08 Å². The van der Waals surface area contributed by atoms with Gasteiger partial charge in [-0.05, 0) is 53.3 Å². The van der Waals surface area contributed by atoms with Gasteiger partial charge < -0.3 is 5.32 Å². The van der Waals surface area contributed by atoms with Crippen molar-refractivity contribution in [1.29, 1.82) is 0 Å². The fourth-order valence-corrected chi connectivity index (χ4v) is 1.79. The molecule has 92 valence electrons. The van der Waals surface area contributed by atoms with Crippen molar-refractivity contribution < 1.29 is 9.18 Å². The van der Waals surface area contributed by atoms with Crippen molar-refractivity contribution in [2.45, 2.75) is 45.2 Å². The van der Waals surface area contributed by atoms with Gasteiger partial charge in [0.1, 0.15) is 0 Å². The molecule has 0 spiro atoms. The van der Waals surface area contributed by atoms with Crippen LogP contribution in [0.15, 0.2) is 11.9 Å². The number of likely N-dealkylation sites (N-methyl/N-ethyl adjacent to an activating group) is 1. The average molecular weight is 228 g/mol. The first-order valence-corrected chi connectivity index (χ1v) is 5.70. The van der Waals surface area contributed by atoms with Crippen LogP contribution in [0.25, 0.3) is 0 Å². The average Bonchev–Trinajstić information content (AvgIpc) is 2.49. The summed E-state index contributed by atoms with van der Waals surface area (Å²) in [6, 6.07) is 0.0609. The third kappa shape index (κ3) is 3.93. The Morgan fingerprint density at radius 3 is 2.56 bits per heavy atom. The van der Waals surface area contributed by atoms with Gasteiger partial charge in [0, 0.05) is 11.6 Å². The summed E-state index contributed by atoms with van der Waals surface area (Å²) in [5.74, 6) is -1.29. The maximum Gasteiger partial charge on any atom is 0.280 e. The number of carbonyl (C=O) groups is 1. The lowest BCUT2D eigenvalue weighted by Crippen LogP contribution is -2.41. The number of rotatable bonds is 2. The number of halogens is 1. The highest BCUT2D eigenvalue weighted by Crippen LogP contribution is 2.18. The van der Waals surface area contributed by atoms with E-state index in [9.17, 15) is 9.18 Å². The number of nitrogens with zero attached hydrogens (tertiary/aromatic N) is 1. The van der Waals surface area contributed by atoms with E-state index in [0.717, 1.165) is 19.4 Å². The van der Waals surface area contributed by atoms with Gasteiger partial charge in [-0.1, -0.05) is 0 Å². The smallest absolute Gasteiger partial charge is 0.280 e. The zero-order chi connectivity index (χ0) is 12.3. The molecule has 1 saturated heterocycles. The van der Waals surface area contributed by atoms with E-state index in [1.54, 1.807) is 0 Å². The lowest BCUT2D eigenvalue weighted by atomic mass is 10.1. The molecule has 0 aromatic carbocycles. The molecule has 1 heterocycles. The summed E-state index contributed by atoms with van der Waals surface area (Å²) >= 11 is 0. The quantitative estimate of drug-likeness (QED) is 0.732. The van der Waals surface area contributed by atoms with Crippen molar-refractivity contribution >= 4 is 5.91 Å². The lowest BCUT2D eigenvalue weighted by molar-refractivity contribution is -0.120.